The SMILES string of the molecule is CC(C)c1ccc(C(C)C)c(-c2cc(-c3cc(-c4cc(-c5cc(C(C)C)ccc5C(C)C)cc(-c5cc(C(C)C)ccc5C(C)C)c4)cc(-c4cccc(-c5cc(-c6cc(-c7cc(C(C)C)ccc7C(C)C)cc(-c7cc(C(C)C)ccc7C(C)C)c6)cc(-c6cc(-c7cc(C(C)C)ccc7C(C)C)cc(-c7cc(C(C)C)ccc7C(C)C)c6)c5)c4CSNO)c3)cc(-c3cc(C(C)C)ccc3C(C)C)c2)c1. The third-order valence-corrected chi connectivity index (χ3v) is 31.0. The van der Waals surface area contributed by atoms with Gasteiger partial charge in [-0.1, -0.05) is 397 Å². The van der Waals surface area contributed by atoms with Crippen LogP contribution in [0.5, 0.6) is 0 Å². The molecule has 0 amide bonds. The Kier molecular flexibility index (Phi) is 32.8. The van der Waals surface area contributed by atoms with E-state index in [4.69, 9.17) is 0 Å². The first-order chi connectivity index (χ1) is 67.5. The van der Waals surface area contributed by atoms with Crippen LogP contribution >= 0.6 is 11.9 Å². The van der Waals surface area contributed by atoms with Crippen molar-refractivity contribution in [1.82, 2.24) is 4.89 Å². The third kappa shape index (κ3) is 22.9. The molecule has 734 valence electrons. The summed E-state index contributed by atoms with van der Waals surface area (Å²) >= 11 is 1.34. The highest BCUT2D eigenvalue weighted by atomic mass is 32.2. The molecule has 0 aliphatic heterocycles. The summed E-state index contributed by atoms with van der Waals surface area (Å²) in [7, 11) is 0. The fraction of sp³-hybridized carbons (Fsp3) is 0.353. The van der Waals surface area contributed by atoms with E-state index in [1.165, 1.54) is 190 Å². The fourth-order valence-corrected chi connectivity index (χ4v) is 22.1. The summed E-state index contributed by atoms with van der Waals surface area (Å²) in [5, 5.41) is 11.5. The zero-order valence-corrected chi connectivity index (χ0v) is 92.6. The maximum Gasteiger partial charge on any atom is 0.0363 e. The van der Waals surface area contributed by atoms with Gasteiger partial charge in [0.05, 0.1) is 0 Å². The summed E-state index contributed by atoms with van der Waals surface area (Å²) in [5.41, 5.74) is 55.6. The molecule has 0 unspecified atom stereocenters. The van der Waals surface area contributed by atoms with Gasteiger partial charge in [0.2, 0.25) is 0 Å². The molecule has 0 aliphatic rings. The number of rotatable bonds is 33. The Morgan fingerprint density at radius 3 is 0.408 bits per heavy atom. The summed E-state index contributed by atoms with van der Waals surface area (Å²) in [5.74, 6) is 5.07. The summed E-state index contributed by atoms with van der Waals surface area (Å²) in [6, 6.07) is 111. The molecule has 3 heteroatoms. The quantitative estimate of drug-likeness (QED) is 0.0318. The number of hydrogen-bond donors (Lipinski definition) is 2. The van der Waals surface area contributed by atoms with Crippen molar-refractivity contribution in [3.63, 3.8) is 0 Å². The standard InChI is InChI=1S/C139H161NOS/c1-79(2)95-36-44-121(87(17)18)131(70-95)113-58-107(59-114(66-113)132-71-96(80(3)4)37-45-122(132)88(19)20)103-52-104(108-60-115(133-72-97(81(5)6)38-46-123(133)89(21)22)67-116(61-108)134-73-98(82(7)8)39-47-124(134)90(23)24)55-111(54-103)129-34-33-35-130(139(129)78-142-140-141)112-56-105(109-62-117(135-74-99(83(9)10)40-48-125(135)91(25)26)68-118(63-109)136-75-100(84(11)12)41-49-126(136)92(27)28)53-106(57-112)110-64-119(137-76-101(85(13)14)42-50-127(137)93(29)30)69-120(65-110)138-77-102(86(15)16)43-51-128(138)94(31)32/h33-77,79-94,140-141H,78H2,1-32H3. The minimum Gasteiger partial charge on any atom is -0.306 e. The lowest BCUT2D eigenvalue weighted by Gasteiger charge is -2.23. The second kappa shape index (κ2) is 44.4. The van der Waals surface area contributed by atoms with Gasteiger partial charge >= 0.3 is 0 Å². The molecule has 0 spiro atoms. The van der Waals surface area contributed by atoms with Gasteiger partial charge in [0.1, 0.15) is 0 Å². The van der Waals surface area contributed by atoms with Crippen molar-refractivity contribution < 1.29 is 5.21 Å². The van der Waals surface area contributed by atoms with Crippen molar-refractivity contribution in [1.29, 1.82) is 0 Å². The lowest BCUT2D eigenvalue weighted by molar-refractivity contribution is 0.258. The van der Waals surface area contributed by atoms with E-state index in [1.54, 1.807) is 0 Å². The van der Waals surface area contributed by atoms with Gasteiger partial charge in [-0.25, -0.2) is 0 Å². The van der Waals surface area contributed by atoms with Gasteiger partial charge in [-0.15, -0.1) is 4.89 Å². The van der Waals surface area contributed by atoms with Gasteiger partial charge in [-0.05, 0) is 454 Å². The van der Waals surface area contributed by atoms with E-state index in [1.807, 2.05) is 0 Å². The zero-order chi connectivity index (χ0) is 102. The molecule has 0 bridgehead atoms. The molecule has 0 radical (unpaired) electrons. The van der Waals surface area contributed by atoms with Gasteiger partial charge in [0.15, 0.2) is 0 Å². The van der Waals surface area contributed by atoms with Crippen LogP contribution in [0.1, 0.15) is 411 Å². The van der Waals surface area contributed by atoms with E-state index in [0.29, 0.717) is 53.1 Å². The normalized spacial score (nSPS) is 12.2. The van der Waals surface area contributed by atoms with Gasteiger partial charge in [0.25, 0.3) is 0 Å². The molecule has 0 fully saturated rings. The Morgan fingerprint density at radius 1 is 0.155 bits per heavy atom. The maximum atomic E-state index is 11.5. The second-order valence-corrected chi connectivity index (χ2v) is 47.0. The summed E-state index contributed by atoms with van der Waals surface area (Å²) in [6.45, 7) is 75.1. The van der Waals surface area contributed by atoms with Crippen LogP contribution in [-0.4, -0.2) is 5.21 Å². The first-order valence-corrected chi connectivity index (χ1v) is 54.7. The van der Waals surface area contributed by atoms with Crippen molar-refractivity contribution in [2.24, 2.45) is 0 Å². The molecular formula is C139H161NOS. The minimum atomic E-state index is 0.260. The van der Waals surface area contributed by atoms with E-state index in [0.717, 1.165) is 72.3 Å². The molecule has 142 heavy (non-hydrogen) atoms. The van der Waals surface area contributed by atoms with Crippen LogP contribution in [0.3, 0.4) is 0 Å². The van der Waals surface area contributed by atoms with Gasteiger partial charge in [-0.2, -0.15) is 0 Å². The highest BCUT2D eigenvalue weighted by Crippen LogP contribution is 2.52. The van der Waals surface area contributed by atoms with Crippen LogP contribution in [0.2, 0.25) is 0 Å². The van der Waals surface area contributed by atoms with Crippen LogP contribution in [0.15, 0.2) is 273 Å². The molecule has 0 aliphatic carbocycles. The average Bonchev–Trinajstić information content (AvgIpc) is 0.750. The maximum absolute atomic E-state index is 11.5. The molecule has 15 aromatic rings. The Labute approximate surface area is 861 Å². The lowest BCUT2D eigenvalue weighted by Crippen LogP contribution is -2.01. The van der Waals surface area contributed by atoms with Gasteiger partial charge in [-0.3, -0.25) is 0 Å². The summed E-state index contributed by atoms with van der Waals surface area (Å²) in [4.78, 5) is 2.70. The fourth-order valence-electron chi connectivity index (χ4n) is 21.5. The molecule has 15 rings (SSSR count). The highest BCUT2D eigenvalue weighted by molar-refractivity contribution is 7.96. The van der Waals surface area contributed by atoms with Crippen molar-refractivity contribution in [3.8, 4) is 156 Å². The molecule has 0 saturated heterocycles. The van der Waals surface area contributed by atoms with Crippen LogP contribution in [-0.2, 0) is 5.75 Å². The van der Waals surface area contributed by atoms with Crippen molar-refractivity contribution in [3.05, 3.63) is 368 Å². The lowest BCUT2D eigenvalue weighted by atomic mass is 9.82. The van der Waals surface area contributed by atoms with E-state index >= 15 is 0 Å². The van der Waals surface area contributed by atoms with Crippen molar-refractivity contribution >= 4 is 11.9 Å². The number of hydrogen-bond acceptors (Lipinski definition) is 3. The van der Waals surface area contributed by atoms with Crippen LogP contribution in [0.4, 0.5) is 0 Å². The monoisotopic (exact) mass is 1890 g/mol. The molecule has 0 saturated carbocycles. The summed E-state index contributed by atoms with van der Waals surface area (Å²) in [6.07, 6.45) is 0. The number of nitrogens with one attached hydrogen (secondary N) is 1. The van der Waals surface area contributed by atoms with Crippen LogP contribution in [0.25, 0.3) is 156 Å². The zero-order valence-electron chi connectivity index (χ0n) is 91.8. The van der Waals surface area contributed by atoms with E-state index in [2.05, 4.69) is 499 Å². The van der Waals surface area contributed by atoms with Crippen molar-refractivity contribution in [2.45, 2.75) is 322 Å². The van der Waals surface area contributed by atoms with E-state index in [-0.39, 0.29) is 47.3 Å². The summed E-state index contributed by atoms with van der Waals surface area (Å²) < 4.78 is 0. The Balaban J connectivity index is 1.12. The van der Waals surface area contributed by atoms with E-state index < -0.39 is 0 Å². The van der Waals surface area contributed by atoms with Crippen LogP contribution in [0, 0.1) is 0 Å². The first kappa shape index (κ1) is 105. The largest absolute Gasteiger partial charge is 0.306 e. The molecule has 2 N–H and O–H groups in total. The average molecular weight is 1890 g/mol. The van der Waals surface area contributed by atoms with Crippen molar-refractivity contribution in [2.75, 3.05) is 0 Å². The Morgan fingerprint density at radius 2 is 0.282 bits per heavy atom. The van der Waals surface area contributed by atoms with Crippen LogP contribution < -0.4 is 4.89 Å². The molecule has 0 heterocycles. The third-order valence-electron chi connectivity index (χ3n) is 30.4. The topological polar surface area (TPSA) is 32.3 Å². The molecule has 0 aromatic heterocycles. The molecule has 0 atom stereocenters. The molecular weight excluding hydrogens is 1730 g/mol. The number of benzene rings is 15. The highest BCUT2D eigenvalue weighted by Gasteiger charge is 2.28. The predicted octanol–water partition coefficient (Wildman–Crippen LogP) is 43.1. The minimum absolute atomic E-state index is 0.260. The second-order valence-electron chi connectivity index (χ2n) is 46.3. The first-order valence-electron chi connectivity index (χ1n) is 53.7. The Bertz CT molecular complexity index is 5960. The van der Waals surface area contributed by atoms with Gasteiger partial charge in [0, 0.05) is 5.75 Å². The predicted molar refractivity (Wildman–Crippen MR) is 624 cm³/mol. The molecule has 15 aromatic carbocycles. The molecule has 2 nitrogen and oxygen atoms in total. The van der Waals surface area contributed by atoms with E-state index in [9.17, 15) is 5.21 Å². The van der Waals surface area contributed by atoms with Gasteiger partial charge < -0.3 is 5.21 Å². The smallest absolute Gasteiger partial charge is 0.0363 e. The Hall–Kier alpha value is -11.4.